The maximum absolute atomic E-state index is 12.5. The van der Waals surface area contributed by atoms with Crippen molar-refractivity contribution in [2.45, 2.75) is 45.7 Å². The number of fused-ring (bicyclic) bond motifs is 1. The summed E-state index contributed by atoms with van der Waals surface area (Å²) >= 11 is 0. The molecule has 31 heavy (non-hydrogen) atoms. The minimum absolute atomic E-state index is 0.0357. The molecule has 1 fully saturated rings. The predicted molar refractivity (Wildman–Crippen MR) is 120 cm³/mol. The van der Waals surface area contributed by atoms with E-state index < -0.39 is 0 Å². The van der Waals surface area contributed by atoms with Crippen LogP contribution >= 0.6 is 0 Å². The second-order valence-electron chi connectivity index (χ2n) is 8.69. The number of amides is 2. The van der Waals surface area contributed by atoms with Gasteiger partial charge in [-0.1, -0.05) is 37.3 Å². The van der Waals surface area contributed by atoms with Gasteiger partial charge < -0.3 is 14.8 Å². The molecule has 0 aliphatic carbocycles. The molecule has 2 aliphatic rings. The third-order valence-electron chi connectivity index (χ3n) is 6.48. The largest absolute Gasteiger partial charge is 0.351 e. The van der Waals surface area contributed by atoms with Crippen LogP contribution in [0.5, 0.6) is 0 Å². The van der Waals surface area contributed by atoms with Crippen molar-refractivity contribution in [3.63, 3.8) is 0 Å². The molecule has 1 aromatic carbocycles. The number of aromatic nitrogens is 2. The summed E-state index contributed by atoms with van der Waals surface area (Å²) in [7, 11) is 0. The van der Waals surface area contributed by atoms with E-state index in [9.17, 15) is 9.59 Å². The Balaban J connectivity index is 1.56. The Morgan fingerprint density at radius 1 is 1.10 bits per heavy atom. The summed E-state index contributed by atoms with van der Waals surface area (Å²) in [5, 5.41) is 2.94. The maximum Gasteiger partial charge on any atom is 0.271 e. The number of hydrogen-bond acceptors (Lipinski definition) is 4. The molecule has 166 valence electrons. The first-order chi connectivity index (χ1) is 15.1. The molecule has 7 nitrogen and oxygen atoms in total. The fourth-order valence-corrected chi connectivity index (χ4v) is 4.75. The molecule has 1 N–H and O–H groups in total. The van der Waals surface area contributed by atoms with Crippen molar-refractivity contribution in [2.24, 2.45) is 5.92 Å². The van der Waals surface area contributed by atoms with Crippen molar-refractivity contribution in [2.75, 3.05) is 32.7 Å². The van der Waals surface area contributed by atoms with E-state index in [4.69, 9.17) is 4.98 Å². The van der Waals surface area contributed by atoms with Gasteiger partial charge in [-0.2, -0.15) is 0 Å². The molecule has 1 unspecified atom stereocenters. The number of nitrogens with zero attached hydrogens (tertiary/aromatic N) is 4. The summed E-state index contributed by atoms with van der Waals surface area (Å²) in [6.45, 7) is 8.79. The Kier molecular flexibility index (Phi) is 6.70. The minimum atomic E-state index is -0.0984. The Labute approximate surface area is 184 Å². The highest BCUT2D eigenvalue weighted by molar-refractivity contribution is 5.92. The van der Waals surface area contributed by atoms with Crippen LogP contribution in [0.3, 0.4) is 0 Å². The van der Waals surface area contributed by atoms with Gasteiger partial charge in [0, 0.05) is 52.4 Å². The normalized spacial score (nSPS) is 19.8. The van der Waals surface area contributed by atoms with Crippen molar-refractivity contribution < 1.29 is 9.59 Å². The number of hydrogen-bond donors (Lipinski definition) is 1. The van der Waals surface area contributed by atoms with Gasteiger partial charge in [-0.3, -0.25) is 14.5 Å². The summed E-state index contributed by atoms with van der Waals surface area (Å²) in [4.78, 5) is 33.4. The fourth-order valence-electron chi connectivity index (χ4n) is 4.75. The third-order valence-corrected chi connectivity index (χ3v) is 6.48. The molecule has 0 radical (unpaired) electrons. The molecule has 4 rings (SSSR count). The second-order valence-corrected chi connectivity index (χ2v) is 8.69. The van der Waals surface area contributed by atoms with Gasteiger partial charge in [0.2, 0.25) is 5.91 Å². The van der Waals surface area contributed by atoms with Gasteiger partial charge >= 0.3 is 0 Å². The zero-order valence-corrected chi connectivity index (χ0v) is 18.6. The highest BCUT2D eigenvalue weighted by Crippen LogP contribution is 2.33. The minimum Gasteiger partial charge on any atom is -0.351 e. The van der Waals surface area contributed by atoms with Crippen LogP contribution in [-0.2, 0) is 11.3 Å². The average Bonchev–Trinajstić information content (AvgIpc) is 3.22. The molecular weight excluding hydrogens is 390 g/mol. The molecule has 3 heterocycles. The van der Waals surface area contributed by atoms with Crippen LogP contribution in [0.1, 0.15) is 61.0 Å². The van der Waals surface area contributed by atoms with E-state index in [0.29, 0.717) is 18.2 Å². The number of carbonyl (C=O) groups is 2. The summed E-state index contributed by atoms with van der Waals surface area (Å²) in [5.74, 6) is 1.59. The SMILES string of the molecule is CCCNC(=O)c1cn2c(n1)C(c1ccccc1)N(CC1CCN(C(C)=O)CC1)CC2. The number of imidazole rings is 1. The summed E-state index contributed by atoms with van der Waals surface area (Å²) < 4.78 is 2.15. The quantitative estimate of drug-likeness (QED) is 0.776. The number of benzene rings is 1. The maximum atomic E-state index is 12.5. The number of nitrogens with one attached hydrogen (secondary N) is 1. The molecule has 0 bridgehead atoms. The van der Waals surface area contributed by atoms with Gasteiger partial charge in [0.15, 0.2) is 0 Å². The van der Waals surface area contributed by atoms with Gasteiger partial charge in [0.1, 0.15) is 11.5 Å². The first kappa shape index (κ1) is 21.6. The van der Waals surface area contributed by atoms with Crippen LogP contribution in [0.25, 0.3) is 0 Å². The molecular formula is C24H33N5O2. The average molecular weight is 424 g/mol. The highest BCUT2D eigenvalue weighted by atomic mass is 16.2. The van der Waals surface area contributed by atoms with Crippen LogP contribution in [0.15, 0.2) is 36.5 Å². The van der Waals surface area contributed by atoms with E-state index in [1.807, 2.05) is 24.1 Å². The zero-order chi connectivity index (χ0) is 21.8. The van der Waals surface area contributed by atoms with Gasteiger partial charge in [0.25, 0.3) is 5.91 Å². The Morgan fingerprint density at radius 2 is 1.84 bits per heavy atom. The highest BCUT2D eigenvalue weighted by Gasteiger charge is 2.34. The van der Waals surface area contributed by atoms with Gasteiger partial charge in [-0.25, -0.2) is 4.98 Å². The van der Waals surface area contributed by atoms with E-state index in [1.165, 1.54) is 5.56 Å². The van der Waals surface area contributed by atoms with Gasteiger partial charge in [-0.15, -0.1) is 0 Å². The molecule has 1 aromatic heterocycles. The van der Waals surface area contributed by atoms with Crippen molar-refractivity contribution in [3.8, 4) is 0 Å². The van der Waals surface area contributed by atoms with Crippen LogP contribution in [0, 0.1) is 5.92 Å². The lowest BCUT2D eigenvalue weighted by Gasteiger charge is -2.40. The standard InChI is InChI=1S/C24H33N5O2/c1-3-11-25-24(31)21-17-29-15-14-28(16-19-9-12-27(13-10-19)18(2)30)22(23(29)26-21)20-7-5-4-6-8-20/h4-8,17,19,22H,3,9-16H2,1-2H3,(H,25,31). The van der Waals surface area contributed by atoms with E-state index in [1.54, 1.807) is 6.92 Å². The van der Waals surface area contributed by atoms with Crippen molar-refractivity contribution in [1.29, 1.82) is 0 Å². The molecule has 2 amide bonds. The molecule has 1 atom stereocenters. The van der Waals surface area contributed by atoms with E-state index in [0.717, 1.165) is 57.8 Å². The van der Waals surface area contributed by atoms with Crippen molar-refractivity contribution in [1.82, 2.24) is 24.7 Å². The lowest BCUT2D eigenvalue weighted by molar-refractivity contribution is -0.130. The molecule has 0 saturated carbocycles. The number of piperidine rings is 1. The van der Waals surface area contributed by atoms with Gasteiger partial charge in [0.05, 0.1) is 6.04 Å². The van der Waals surface area contributed by atoms with Crippen LogP contribution in [0.2, 0.25) is 0 Å². The topological polar surface area (TPSA) is 70.5 Å². The predicted octanol–water partition coefficient (Wildman–Crippen LogP) is 2.69. The lowest BCUT2D eigenvalue weighted by atomic mass is 9.94. The number of likely N-dealkylation sites (tertiary alicyclic amines) is 1. The fraction of sp³-hybridized carbons (Fsp3) is 0.542. The Bertz CT molecular complexity index is 902. The van der Waals surface area contributed by atoms with E-state index in [2.05, 4.69) is 39.0 Å². The second kappa shape index (κ2) is 9.64. The molecule has 2 aromatic rings. The Hall–Kier alpha value is -2.67. The summed E-state index contributed by atoms with van der Waals surface area (Å²) in [6, 6.07) is 10.5. The van der Waals surface area contributed by atoms with Gasteiger partial charge in [-0.05, 0) is 30.7 Å². The third kappa shape index (κ3) is 4.82. The van der Waals surface area contributed by atoms with E-state index in [-0.39, 0.29) is 17.9 Å². The van der Waals surface area contributed by atoms with Crippen LogP contribution in [0.4, 0.5) is 0 Å². The molecule has 1 saturated heterocycles. The van der Waals surface area contributed by atoms with Crippen molar-refractivity contribution in [3.05, 3.63) is 53.6 Å². The lowest BCUT2D eigenvalue weighted by Crippen LogP contribution is -2.44. The monoisotopic (exact) mass is 423 g/mol. The molecule has 7 heteroatoms. The first-order valence-corrected chi connectivity index (χ1v) is 11.5. The summed E-state index contributed by atoms with van der Waals surface area (Å²) in [6.07, 6.45) is 4.88. The van der Waals surface area contributed by atoms with Crippen LogP contribution < -0.4 is 5.32 Å². The van der Waals surface area contributed by atoms with E-state index >= 15 is 0 Å². The van der Waals surface area contributed by atoms with Crippen molar-refractivity contribution >= 4 is 11.8 Å². The Morgan fingerprint density at radius 3 is 2.52 bits per heavy atom. The smallest absolute Gasteiger partial charge is 0.271 e. The number of rotatable bonds is 6. The number of carbonyl (C=O) groups excluding carboxylic acids is 2. The van der Waals surface area contributed by atoms with Crippen LogP contribution in [-0.4, -0.2) is 63.9 Å². The summed E-state index contributed by atoms with van der Waals surface area (Å²) in [5.41, 5.74) is 1.71. The zero-order valence-electron chi connectivity index (χ0n) is 18.6. The molecule has 0 spiro atoms. The molecule has 2 aliphatic heterocycles. The first-order valence-electron chi connectivity index (χ1n) is 11.5.